The van der Waals surface area contributed by atoms with E-state index < -0.39 is 16.9 Å². The maximum Gasteiger partial charge on any atom is 0.293 e. The van der Waals surface area contributed by atoms with Crippen LogP contribution in [0.1, 0.15) is 42.5 Å². The van der Waals surface area contributed by atoms with E-state index in [9.17, 15) is 20.0 Å². The zero-order valence-electron chi connectivity index (χ0n) is 11.6. The maximum absolute atomic E-state index is 11.1. The van der Waals surface area contributed by atoms with Crippen molar-refractivity contribution in [1.82, 2.24) is 0 Å². The molecule has 1 amide bonds. The summed E-state index contributed by atoms with van der Waals surface area (Å²) in [5.41, 5.74) is 5.33. The number of amides is 1. The van der Waals surface area contributed by atoms with E-state index in [1.165, 1.54) is 12.1 Å². The second-order valence-electron chi connectivity index (χ2n) is 5.31. The molecule has 2 rings (SSSR count). The summed E-state index contributed by atoms with van der Waals surface area (Å²) in [5, 5.41) is 24.3. The summed E-state index contributed by atoms with van der Waals surface area (Å²) in [5.74, 6) is -0.709. The number of primary amides is 1. The lowest BCUT2D eigenvalue weighted by atomic mass is 10.0. The molecule has 0 aromatic heterocycles. The van der Waals surface area contributed by atoms with Gasteiger partial charge >= 0.3 is 0 Å². The molecule has 21 heavy (non-hydrogen) atoms. The Balaban J connectivity index is 2.26. The molecule has 0 spiro atoms. The maximum atomic E-state index is 11.1. The molecule has 4 N–H and O–H groups in total. The predicted octanol–water partition coefficient (Wildman–Crippen LogP) is 1.80. The molecule has 114 valence electrons. The Labute approximate surface area is 122 Å². The highest BCUT2D eigenvalue weighted by atomic mass is 16.6. The van der Waals surface area contributed by atoms with Crippen molar-refractivity contribution in [1.29, 1.82) is 0 Å². The minimum Gasteiger partial charge on any atom is -0.391 e. The van der Waals surface area contributed by atoms with Gasteiger partial charge in [0.05, 0.1) is 17.1 Å². The van der Waals surface area contributed by atoms with Crippen LogP contribution in [0.15, 0.2) is 18.2 Å². The lowest BCUT2D eigenvalue weighted by Crippen LogP contribution is -2.32. The van der Waals surface area contributed by atoms with Crippen LogP contribution in [0.25, 0.3) is 0 Å². The van der Waals surface area contributed by atoms with Crippen molar-refractivity contribution in [2.75, 3.05) is 5.32 Å². The quantitative estimate of drug-likeness (QED) is 0.444. The van der Waals surface area contributed by atoms with Gasteiger partial charge in [-0.2, -0.15) is 0 Å². The number of carbonyl (C=O) groups excluding carboxylic acids is 1. The van der Waals surface area contributed by atoms with E-state index in [4.69, 9.17) is 5.73 Å². The predicted molar refractivity (Wildman–Crippen MR) is 78.1 cm³/mol. The highest BCUT2D eigenvalue weighted by Crippen LogP contribution is 2.29. The molecule has 7 heteroatoms. The Bertz CT molecular complexity index is 547. The molecule has 0 saturated heterocycles. The minimum absolute atomic E-state index is 0.0914. The molecule has 0 aliphatic heterocycles. The van der Waals surface area contributed by atoms with Crippen molar-refractivity contribution in [2.45, 2.75) is 44.2 Å². The van der Waals surface area contributed by atoms with Crippen LogP contribution in [-0.4, -0.2) is 28.1 Å². The van der Waals surface area contributed by atoms with Crippen molar-refractivity contribution in [3.8, 4) is 0 Å². The average Bonchev–Trinajstić information content (AvgIpc) is 2.64. The molecule has 1 aliphatic carbocycles. The molecule has 2 atom stereocenters. The summed E-state index contributed by atoms with van der Waals surface area (Å²) in [7, 11) is 0. The van der Waals surface area contributed by atoms with Gasteiger partial charge in [-0.3, -0.25) is 14.9 Å². The summed E-state index contributed by atoms with van der Waals surface area (Å²) in [4.78, 5) is 21.7. The van der Waals surface area contributed by atoms with Gasteiger partial charge in [0.1, 0.15) is 5.69 Å². The van der Waals surface area contributed by atoms with Gasteiger partial charge in [0, 0.05) is 11.6 Å². The van der Waals surface area contributed by atoms with Gasteiger partial charge in [-0.25, -0.2) is 0 Å². The molecule has 1 fully saturated rings. The smallest absolute Gasteiger partial charge is 0.293 e. The van der Waals surface area contributed by atoms with Gasteiger partial charge < -0.3 is 16.2 Å². The van der Waals surface area contributed by atoms with Crippen molar-refractivity contribution in [2.24, 2.45) is 5.73 Å². The number of hydrogen-bond donors (Lipinski definition) is 3. The Morgan fingerprint density at radius 2 is 2.05 bits per heavy atom. The number of rotatable bonds is 4. The number of nitrogens with one attached hydrogen (secondary N) is 1. The third-order valence-electron chi connectivity index (χ3n) is 3.80. The molecular weight excluding hydrogens is 274 g/mol. The highest BCUT2D eigenvalue weighted by Gasteiger charge is 2.25. The SMILES string of the molecule is NC(=O)c1ccc(NC2CCCCCC2O)c([N+](=O)[O-])c1. The van der Waals surface area contributed by atoms with Gasteiger partial charge in [-0.15, -0.1) is 0 Å². The highest BCUT2D eigenvalue weighted by molar-refractivity contribution is 5.94. The van der Waals surface area contributed by atoms with Crippen molar-refractivity contribution < 1.29 is 14.8 Å². The second kappa shape index (κ2) is 6.53. The Morgan fingerprint density at radius 1 is 1.33 bits per heavy atom. The number of nitrogens with two attached hydrogens (primary N) is 1. The lowest BCUT2D eigenvalue weighted by molar-refractivity contribution is -0.384. The van der Waals surface area contributed by atoms with Crippen molar-refractivity contribution >= 4 is 17.3 Å². The first-order valence-corrected chi connectivity index (χ1v) is 7.02. The Kier molecular flexibility index (Phi) is 4.74. The van der Waals surface area contributed by atoms with Crippen LogP contribution in [0, 0.1) is 10.1 Å². The topological polar surface area (TPSA) is 118 Å². The van der Waals surface area contributed by atoms with Gasteiger partial charge in [0.2, 0.25) is 5.91 Å². The molecule has 2 unspecified atom stereocenters. The van der Waals surface area contributed by atoms with Crippen LogP contribution in [0.3, 0.4) is 0 Å². The van der Waals surface area contributed by atoms with Gasteiger partial charge in [0.25, 0.3) is 5.69 Å². The van der Waals surface area contributed by atoms with Crippen LogP contribution < -0.4 is 11.1 Å². The van der Waals surface area contributed by atoms with Gasteiger partial charge in [-0.1, -0.05) is 19.3 Å². The number of anilines is 1. The number of nitro groups is 1. The number of carbonyl (C=O) groups is 1. The Hall–Kier alpha value is -2.15. The zero-order chi connectivity index (χ0) is 15.4. The average molecular weight is 293 g/mol. The number of hydrogen-bond acceptors (Lipinski definition) is 5. The fourth-order valence-corrected chi connectivity index (χ4v) is 2.61. The van der Waals surface area contributed by atoms with E-state index in [-0.39, 0.29) is 17.3 Å². The second-order valence-corrected chi connectivity index (χ2v) is 5.31. The molecule has 0 heterocycles. The normalized spacial score (nSPS) is 22.3. The molecular formula is C14H19N3O4. The Morgan fingerprint density at radius 3 is 2.71 bits per heavy atom. The van der Waals surface area contributed by atoms with Crippen molar-refractivity contribution in [3.05, 3.63) is 33.9 Å². The number of aliphatic hydroxyl groups is 1. The van der Waals surface area contributed by atoms with Crippen LogP contribution in [0.2, 0.25) is 0 Å². The minimum atomic E-state index is -0.709. The monoisotopic (exact) mass is 293 g/mol. The third kappa shape index (κ3) is 3.69. The molecule has 1 aliphatic rings. The molecule has 0 bridgehead atoms. The van der Waals surface area contributed by atoms with E-state index in [2.05, 4.69) is 5.32 Å². The fraction of sp³-hybridized carbons (Fsp3) is 0.500. The van der Waals surface area contributed by atoms with E-state index in [1.54, 1.807) is 0 Å². The number of aliphatic hydroxyl groups excluding tert-OH is 1. The largest absolute Gasteiger partial charge is 0.391 e. The number of nitro benzene ring substituents is 1. The first-order valence-electron chi connectivity index (χ1n) is 7.02. The van der Waals surface area contributed by atoms with Gasteiger partial charge in [-0.05, 0) is 25.0 Å². The lowest BCUT2D eigenvalue weighted by Gasteiger charge is -2.22. The first kappa shape index (κ1) is 15.2. The standard InChI is InChI=1S/C14H19N3O4/c15-14(19)9-6-7-10(12(8-9)17(20)21)16-11-4-2-1-3-5-13(11)18/h6-8,11,13,16,18H,1-5H2,(H2,15,19). The van der Waals surface area contributed by atoms with Gasteiger partial charge in [0.15, 0.2) is 0 Å². The summed E-state index contributed by atoms with van der Waals surface area (Å²) in [6, 6.07) is 3.86. The van der Waals surface area contributed by atoms with Crippen LogP contribution in [-0.2, 0) is 0 Å². The third-order valence-corrected chi connectivity index (χ3v) is 3.80. The summed E-state index contributed by atoms with van der Waals surface area (Å²) in [6.45, 7) is 0. The van der Waals surface area contributed by atoms with Crippen LogP contribution >= 0.6 is 0 Å². The molecule has 1 saturated carbocycles. The van der Waals surface area contributed by atoms with E-state index in [0.29, 0.717) is 12.1 Å². The van der Waals surface area contributed by atoms with E-state index in [0.717, 1.165) is 31.7 Å². The zero-order valence-corrected chi connectivity index (χ0v) is 11.6. The van der Waals surface area contributed by atoms with Crippen LogP contribution in [0.4, 0.5) is 11.4 Å². The fourth-order valence-electron chi connectivity index (χ4n) is 2.61. The van der Waals surface area contributed by atoms with E-state index in [1.807, 2.05) is 0 Å². The molecule has 7 nitrogen and oxygen atoms in total. The van der Waals surface area contributed by atoms with E-state index >= 15 is 0 Å². The molecule has 1 aromatic carbocycles. The number of nitrogens with zero attached hydrogens (tertiary/aromatic N) is 1. The summed E-state index contributed by atoms with van der Waals surface area (Å²) in [6.07, 6.45) is 3.91. The summed E-state index contributed by atoms with van der Waals surface area (Å²) >= 11 is 0. The summed E-state index contributed by atoms with van der Waals surface area (Å²) < 4.78 is 0. The van der Waals surface area contributed by atoms with Crippen LogP contribution in [0.5, 0.6) is 0 Å². The molecule has 1 aromatic rings. The first-order chi connectivity index (χ1) is 9.99. The van der Waals surface area contributed by atoms with Crippen molar-refractivity contribution in [3.63, 3.8) is 0 Å². The molecule has 0 radical (unpaired) electrons. The number of benzene rings is 1.